The molecule has 1 rings (SSSR count). The number of carbonyl (C=O) groups excluding carboxylic acids is 1. The highest BCUT2D eigenvalue weighted by Crippen LogP contribution is 2.15. The first-order chi connectivity index (χ1) is 7.47. The van der Waals surface area contributed by atoms with Crippen LogP contribution in [0.25, 0.3) is 0 Å². The summed E-state index contributed by atoms with van der Waals surface area (Å²) in [7, 11) is 0. The smallest absolute Gasteiger partial charge is 0.273 e. The Morgan fingerprint density at radius 1 is 1.62 bits per heavy atom. The maximum Gasteiger partial charge on any atom is 0.273 e. The Hall–Kier alpha value is -1.08. The number of ether oxygens (including phenoxy) is 1. The van der Waals surface area contributed by atoms with E-state index in [0.29, 0.717) is 13.2 Å². The summed E-state index contributed by atoms with van der Waals surface area (Å²) in [6, 6.07) is 0. The molecule has 0 aromatic carbocycles. The predicted octanol–water partition coefficient (Wildman–Crippen LogP) is -0.857. The fourth-order valence-electron chi connectivity index (χ4n) is 1.49. The third-order valence-corrected chi connectivity index (χ3v) is 2.70. The van der Waals surface area contributed by atoms with E-state index in [1.54, 1.807) is 4.90 Å². The molecule has 0 bridgehead atoms. The van der Waals surface area contributed by atoms with Crippen LogP contribution in [0.4, 0.5) is 0 Å². The summed E-state index contributed by atoms with van der Waals surface area (Å²) in [6.45, 7) is 4.98. The highest BCUT2D eigenvalue weighted by molar-refractivity contribution is 7.80. The number of carbonyl (C=O) groups is 1. The number of thiol groups is 1. The van der Waals surface area contributed by atoms with Crippen molar-refractivity contribution in [3.05, 3.63) is 11.5 Å². The van der Waals surface area contributed by atoms with E-state index in [0.717, 1.165) is 0 Å². The van der Waals surface area contributed by atoms with Crippen LogP contribution in [0.1, 0.15) is 13.8 Å². The van der Waals surface area contributed by atoms with Gasteiger partial charge in [-0.1, -0.05) is 0 Å². The van der Waals surface area contributed by atoms with Gasteiger partial charge in [-0.2, -0.15) is 0 Å². The summed E-state index contributed by atoms with van der Waals surface area (Å²) in [6.07, 6.45) is -0.0130. The zero-order valence-electron chi connectivity index (χ0n) is 9.43. The molecule has 92 valence electrons. The van der Waals surface area contributed by atoms with Crippen LogP contribution >= 0.6 is 12.6 Å². The summed E-state index contributed by atoms with van der Waals surface area (Å²) >= 11 is 4.23. The molecule has 7 heteroatoms. The number of nitrogens with zero attached hydrogens (tertiary/aromatic N) is 1. The summed E-state index contributed by atoms with van der Waals surface area (Å²) in [5.74, 6) is -0.145. The molecular weight excluding hydrogens is 228 g/mol. The highest BCUT2D eigenvalue weighted by atomic mass is 32.1. The lowest BCUT2D eigenvalue weighted by Crippen LogP contribution is -2.55. The second-order valence-electron chi connectivity index (χ2n) is 3.56. The Morgan fingerprint density at radius 3 is 2.81 bits per heavy atom. The van der Waals surface area contributed by atoms with Gasteiger partial charge in [0.1, 0.15) is 17.0 Å². The number of rotatable bonds is 4. The van der Waals surface area contributed by atoms with Gasteiger partial charge in [0, 0.05) is 13.2 Å². The van der Waals surface area contributed by atoms with Crippen LogP contribution < -0.4 is 16.8 Å². The topological polar surface area (TPSA) is 93.6 Å². The fraction of sp³-hybridized carbons (Fsp3) is 0.667. The van der Waals surface area contributed by atoms with Gasteiger partial charge < -0.3 is 26.4 Å². The number of hydrogen-bond acceptors (Lipinski definition) is 6. The standard InChI is InChI=1S/C9H18N4O2S/c1-3-15-5(2)4-13-7(11)6(10)8(14)12-9(13)16/h5,9,16H,3-4,10-11H2,1-2H3,(H,12,14). The van der Waals surface area contributed by atoms with E-state index < -0.39 is 11.4 Å². The van der Waals surface area contributed by atoms with Crippen LogP contribution in [-0.4, -0.2) is 35.6 Å². The first kappa shape index (κ1) is 13.0. The van der Waals surface area contributed by atoms with Crippen molar-refractivity contribution < 1.29 is 9.53 Å². The molecule has 2 atom stereocenters. The molecule has 1 aliphatic heterocycles. The fourth-order valence-corrected chi connectivity index (χ4v) is 1.82. The van der Waals surface area contributed by atoms with E-state index in [1.165, 1.54) is 0 Å². The van der Waals surface area contributed by atoms with Crippen LogP contribution in [0.15, 0.2) is 11.5 Å². The third-order valence-electron chi connectivity index (χ3n) is 2.29. The molecule has 1 heterocycles. The van der Waals surface area contributed by atoms with Gasteiger partial charge in [-0.05, 0) is 13.8 Å². The number of nitrogens with two attached hydrogens (primary N) is 2. The maximum absolute atomic E-state index is 11.3. The van der Waals surface area contributed by atoms with E-state index in [2.05, 4.69) is 17.9 Å². The molecule has 2 unspecified atom stereocenters. The second-order valence-corrected chi connectivity index (χ2v) is 4.05. The van der Waals surface area contributed by atoms with Crippen molar-refractivity contribution in [3.8, 4) is 0 Å². The summed E-state index contributed by atoms with van der Waals surface area (Å²) in [5.41, 5.74) is 10.9. The van der Waals surface area contributed by atoms with E-state index >= 15 is 0 Å². The van der Waals surface area contributed by atoms with Crippen molar-refractivity contribution >= 4 is 18.5 Å². The Balaban J connectivity index is 2.75. The van der Waals surface area contributed by atoms with Crippen LogP contribution in [0, 0.1) is 0 Å². The monoisotopic (exact) mass is 246 g/mol. The van der Waals surface area contributed by atoms with E-state index in [9.17, 15) is 4.79 Å². The minimum Gasteiger partial charge on any atom is -0.391 e. The molecule has 0 saturated carbocycles. The van der Waals surface area contributed by atoms with Crippen molar-refractivity contribution in [2.45, 2.75) is 25.4 Å². The van der Waals surface area contributed by atoms with Gasteiger partial charge in [-0.25, -0.2) is 0 Å². The lowest BCUT2D eigenvalue weighted by atomic mass is 10.3. The second kappa shape index (κ2) is 5.31. The molecular formula is C9H18N4O2S. The quantitative estimate of drug-likeness (QED) is 0.485. The molecule has 1 aliphatic rings. The third kappa shape index (κ3) is 2.73. The molecule has 0 aromatic rings. The highest BCUT2D eigenvalue weighted by Gasteiger charge is 2.29. The summed E-state index contributed by atoms with van der Waals surface area (Å²) < 4.78 is 5.40. The van der Waals surface area contributed by atoms with E-state index in [-0.39, 0.29) is 17.6 Å². The van der Waals surface area contributed by atoms with Gasteiger partial charge in [0.15, 0.2) is 0 Å². The molecule has 0 saturated heterocycles. The largest absolute Gasteiger partial charge is 0.391 e. The number of nitrogens with one attached hydrogen (secondary N) is 1. The average molecular weight is 246 g/mol. The molecule has 0 aliphatic carbocycles. The van der Waals surface area contributed by atoms with Gasteiger partial charge in [0.25, 0.3) is 5.91 Å². The Morgan fingerprint density at radius 2 is 2.25 bits per heavy atom. The van der Waals surface area contributed by atoms with Gasteiger partial charge in [-0.3, -0.25) is 4.79 Å². The molecule has 1 amide bonds. The Bertz CT molecular complexity index is 308. The van der Waals surface area contributed by atoms with E-state index in [1.807, 2.05) is 13.8 Å². The van der Waals surface area contributed by atoms with Gasteiger partial charge in [0.2, 0.25) is 0 Å². The minimum absolute atomic E-state index is 0.0130. The maximum atomic E-state index is 11.3. The molecule has 0 aromatic heterocycles. The van der Waals surface area contributed by atoms with E-state index in [4.69, 9.17) is 16.2 Å². The SMILES string of the molecule is CCOC(C)CN1C(N)=C(N)C(=O)NC1S. The normalized spacial score (nSPS) is 23.3. The molecule has 6 nitrogen and oxygen atoms in total. The Labute approximate surface area is 100 Å². The molecule has 0 spiro atoms. The number of amides is 1. The molecule has 0 radical (unpaired) electrons. The molecule has 5 N–H and O–H groups in total. The van der Waals surface area contributed by atoms with Gasteiger partial charge in [-0.15, -0.1) is 12.6 Å². The van der Waals surface area contributed by atoms with Crippen LogP contribution in [0.3, 0.4) is 0 Å². The van der Waals surface area contributed by atoms with Crippen molar-refractivity contribution in [2.24, 2.45) is 11.5 Å². The van der Waals surface area contributed by atoms with Crippen molar-refractivity contribution in [1.29, 1.82) is 0 Å². The van der Waals surface area contributed by atoms with Gasteiger partial charge >= 0.3 is 0 Å². The van der Waals surface area contributed by atoms with Crippen molar-refractivity contribution in [1.82, 2.24) is 10.2 Å². The Kier molecular flexibility index (Phi) is 4.31. The molecule has 16 heavy (non-hydrogen) atoms. The van der Waals surface area contributed by atoms with Crippen LogP contribution in [0.2, 0.25) is 0 Å². The van der Waals surface area contributed by atoms with Crippen molar-refractivity contribution in [2.75, 3.05) is 13.2 Å². The summed E-state index contributed by atoms with van der Waals surface area (Å²) in [5, 5.41) is 2.59. The predicted molar refractivity (Wildman–Crippen MR) is 64.1 cm³/mol. The minimum atomic E-state index is -0.470. The van der Waals surface area contributed by atoms with Crippen LogP contribution in [0.5, 0.6) is 0 Å². The number of hydrogen-bond donors (Lipinski definition) is 4. The van der Waals surface area contributed by atoms with Crippen LogP contribution in [-0.2, 0) is 9.53 Å². The van der Waals surface area contributed by atoms with Crippen molar-refractivity contribution in [3.63, 3.8) is 0 Å². The lowest BCUT2D eigenvalue weighted by Gasteiger charge is -2.36. The molecule has 0 fully saturated rings. The first-order valence-corrected chi connectivity index (χ1v) is 5.61. The zero-order valence-corrected chi connectivity index (χ0v) is 10.3. The first-order valence-electron chi connectivity index (χ1n) is 5.09. The zero-order chi connectivity index (χ0) is 12.3. The summed E-state index contributed by atoms with van der Waals surface area (Å²) in [4.78, 5) is 13.0. The lowest BCUT2D eigenvalue weighted by molar-refractivity contribution is -0.119. The average Bonchev–Trinajstić information content (AvgIpc) is 2.22. The van der Waals surface area contributed by atoms with Gasteiger partial charge in [0.05, 0.1) is 6.10 Å².